The number of rotatable bonds is 5. The summed E-state index contributed by atoms with van der Waals surface area (Å²) in [5, 5.41) is 3.12. The molecule has 0 aliphatic heterocycles. The number of ether oxygens (including phenoxy) is 1. The molecule has 3 rings (SSSR count). The third-order valence-electron chi connectivity index (χ3n) is 3.27. The molecule has 0 bridgehead atoms. The average Bonchev–Trinajstić information content (AvgIpc) is 2.93. The van der Waals surface area contributed by atoms with Gasteiger partial charge in [0.05, 0.1) is 0 Å². The minimum atomic E-state index is -0.791. The summed E-state index contributed by atoms with van der Waals surface area (Å²) in [6.07, 6.45) is 0. The molecule has 0 saturated heterocycles. The number of hydrogen-bond acceptors (Lipinski definition) is 4. The molecule has 7 heteroatoms. The largest absolute Gasteiger partial charge is 0.484 e. The van der Waals surface area contributed by atoms with Crippen molar-refractivity contribution in [1.82, 2.24) is 0 Å². The number of primary amides is 1. The second-order valence-corrected chi connectivity index (χ2v) is 4.96. The molecule has 0 atom stereocenters. The first kappa shape index (κ1) is 15.5. The lowest BCUT2D eigenvalue weighted by Crippen LogP contribution is -2.22. The maximum atomic E-state index is 12.8. The third-order valence-corrected chi connectivity index (χ3v) is 3.27. The normalized spacial score (nSPS) is 10.5. The topological polar surface area (TPSA) is 94.6 Å². The van der Waals surface area contributed by atoms with Gasteiger partial charge in [-0.3, -0.25) is 9.59 Å². The zero-order chi connectivity index (χ0) is 17.1. The van der Waals surface area contributed by atoms with E-state index in [1.165, 1.54) is 24.3 Å². The fraction of sp³-hybridized carbons (Fsp3) is 0.0588. The molecule has 0 aliphatic carbocycles. The second kappa shape index (κ2) is 6.41. The van der Waals surface area contributed by atoms with Crippen LogP contribution in [0.5, 0.6) is 5.75 Å². The number of halogens is 1. The Labute approximate surface area is 136 Å². The van der Waals surface area contributed by atoms with Gasteiger partial charge in [0, 0.05) is 5.39 Å². The van der Waals surface area contributed by atoms with E-state index in [9.17, 15) is 14.0 Å². The molecular weight excluding hydrogens is 315 g/mol. The Bertz CT molecular complexity index is 903. The molecule has 24 heavy (non-hydrogen) atoms. The zero-order valence-electron chi connectivity index (χ0n) is 12.4. The van der Waals surface area contributed by atoms with E-state index in [2.05, 4.69) is 5.32 Å². The van der Waals surface area contributed by atoms with Crippen LogP contribution in [-0.4, -0.2) is 18.4 Å². The maximum absolute atomic E-state index is 12.8. The molecule has 1 heterocycles. The molecule has 6 nitrogen and oxygen atoms in total. The standard InChI is InChI=1S/C17H13FN2O4/c18-10-5-7-11(8-6-10)23-9-14(21)20-15-12-3-1-2-4-13(12)24-16(15)17(19)22/h1-8H,9H2,(H2,19,22)(H,20,21). The number of furan rings is 1. The lowest BCUT2D eigenvalue weighted by atomic mass is 10.2. The monoisotopic (exact) mass is 328 g/mol. The van der Waals surface area contributed by atoms with Crippen molar-refractivity contribution in [1.29, 1.82) is 0 Å². The Morgan fingerprint density at radius 3 is 2.54 bits per heavy atom. The smallest absolute Gasteiger partial charge is 0.286 e. The number of anilines is 1. The molecule has 0 spiro atoms. The van der Waals surface area contributed by atoms with Crippen molar-refractivity contribution in [3.63, 3.8) is 0 Å². The summed E-state index contributed by atoms with van der Waals surface area (Å²) in [5.74, 6) is -1.48. The second-order valence-electron chi connectivity index (χ2n) is 4.96. The SMILES string of the molecule is NC(=O)c1oc2ccccc2c1NC(=O)COc1ccc(F)cc1. The number of fused-ring (bicyclic) bond motifs is 1. The minimum absolute atomic E-state index is 0.133. The van der Waals surface area contributed by atoms with E-state index in [1.807, 2.05) is 0 Å². The van der Waals surface area contributed by atoms with Crippen molar-refractivity contribution < 1.29 is 23.1 Å². The lowest BCUT2D eigenvalue weighted by Gasteiger charge is -2.07. The molecule has 122 valence electrons. The van der Waals surface area contributed by atoms with Crippen LogP contribution in [0, 0.1) is 5.82 Å². The van der Waals surface area contributed by atoms with Crippen molar-refractivity contribution in [2.75, 3.05) is 11.9 Å². The van der Waals surface area contributed by atoms with Crippen LogP contribution < -0.4 is 15.8 Å². The van der Waals surface area contributed by atoms with Crippen LogP contribution >= 0.6 is 0 Å². The summed E-state index contributed by atoms with van der Waals surface area (Å²) in [7, 11) is 0. The van der Waals surface area contributed by atoms with E-state index in [4.69, 9.17) is 14.9 Å². The van der Waals surface area contributed by atoms with Crippen LogP contribution in [-0.2, 0) is 4.79 Å². The quantitative estimate of drug-likeness (QED) is 0.753. The fourth-order valence-corrected chi connectivity index (χ4v) is 2.20. The number of carbonyl (C=O) groups is 2. The highest BCUT2D eigenvalue weighted by Crippen LogP contribution is 2.30. The van der Waals surface area contributed by atoms with Crippen LogP contribution in [0.4, 0.5) is 10.1 Å². The van der Waals surface area contributed by atoms with Crippen LogP contribution in [0.2, 0.25) is 0 Å². The predicted molar refractivity (Wildman–Crippen MR) is 85.3 cm³/mol. The summed E-state index contributed by atoms with van der Waals surface area (Å²) >= 11 is 0. The number of nitrogens with two attached hydrogens (primary N) is 1. The molecule has 0 saturated carbocycles. The van der Waals surface area contributed by atoms with Crippen molar-refractivity contribution in [3.8, 4) is 5.75 Å². The first-order valence-corrected chi connectivity index (χ1v) is 7.04. The number of amides is 2. The highest BCUT2D eigenvalue weighted by atomic mass is 19.1. The average molecular weight is 328 g/mol. The maximum Gasteiger partial charge on any atom is 0.286 e. The van der Waals surface area contributed by atoms with Gasteiger partial charge in [-0.15, -0.1) is 0 Å². The van der Waals surface area contributed by atoms with Crippen molar-refractivity contribution >= 4 is 28.5 Å². The van der Waals surface area contributed by atoms with Gasteiger partial charge in [0.1, 0.15) is 22.8 Å². The number of hydrogen-bond donors (Lipinski definition) is 2. The van der Waals surface area contributed by atoms with E-state index in [0.717, 1.165) is 0 Å². The number of carbonyl (C=O) groups excluding carboxylic acids is 2. The molecule has 0 fully saturated rings. The predicted octanol–water partition coefficient (Wildman–Crippen LogP) is 2.69. The van der Waals surface area contributed by atoms with Crippen LogP contribution in [0.3, 0.4) is 0 Å². The molecule has 2 amide bonds. The van der Waals surface area contributed by atoms with Crippen LogP contribution in [0.25, 0.3) is 11.0 Å². The first-order valence-electron chi connectivity index (χ1n) is 7.04. The van der Waals surface area contributed by atoms with Gasteiger partial charge in [-0.25, -0.2) is 4.39 Å². The third kappa shape index (κ3) is 3.19. The molecule has 0 unspecified atom stereocenters. The van der Waals surface area contributed by atoms with Gasteiger partial charge in [0.25, 0.3) is 11.8 Å². The molecule has 3 aromatic rings. The number of nitrogens with one attached hydrogen (secondary N) is 1. The molecule has 2 aromatic carbocycles. The number of para-hydroxylation sites is 1. The van der Waals surface area contributed by atoms with E-state index >= 15 is 0 Å². The van der Waals surface area contributed by atoms with E-state index in [-0.39, 0.29) is 18.1 Å². The summed E-state index contributed by atoms with van der Waals surface area (Å²) in [6.45, 7) is -0.316. The van der Waals surface area contributed by atoms with Gasteiger partial charge in [0.15, 0.2) is 6.61 Å². The molecule has 0 radical (unpaired) electrons. The van der Waals surface area contributed by atoms with E-state index in [1.54, 1.807) is 24.3 Å². The Balaban J connectivity index is 1.76. The van der Waals surface area contributed by atoms with Crippen molar-refractivity contribution in [3.05, 3.63) is 60.1 Å². The van der Waals surface area contributed by atoms with E-state index < -0.39 is 17.6 Å². The van der Waals surface area contributed by atoms with Crippen molar-refractivity contribution in [2.45, 2.75) is 0 Å². The Kier molecular flexibility index (Phi) is 4.15. The zero-order valence-corrected chi connectivity index (χ0v) is 12.4. The number of benzene rings is 2. The molecule has 3 N–H and O–H groups in total. The molecule has 0 aliphatic rings. The summed E-state index contributed by atoms with van der Waals surface area (Å²) in [4.78, 5) is 23.6. The molecule has 1 aromatic heterocycles. The van der Waals surface area contributed by atoms with Gasteiger partial charge < -0.3 is 20.2 Å². The molecular formula is C17H13FN2O4. The summed E-state index contributed by atoms with van der Waals surface area (Å²) < 4.78 is 23.4. The lowest BCUT2D eigenvalue weighted by molar-refractivity contribution is -0.118. The van der Waals surface area contributed by atoms with Gasteiger partial charge in [-0.1, -0.05) is 12.1 Å². The minimum Gasteiger partial charge on any atom is -0.484 e. The Morgan fingerprint density at radius 2 is 1.83 bits per heavy atom. The van der Waals surface area contributed by atoms with Crippen LogP contribution in [0.1, 0.15) is 10.6 Å². The van der Waals surface area contributed by atoms with Gasteiger partial charge in [-0.05, 0) is 36.4 Å². The highest BCUT2D eigenvalue weighted by molar-refractivity contribution is 6.10. The first-order chi connectivity index (χ1) is 11.5. The summed E-state index contributed by atoms with van der Waals surface area (Å²) in [5.41, 5.74) is 5.91. The van der Waals surface area contributed by atoms with E-state index in [0.29, 0.717) is 16.7 Å². The highest BCUT2D eigenvalue weighted by Gasteiger charge is 2.20. The fourth-order valence-electron chi connectivity index (χ4n) is 2.20. The van der Waals surface area contributed by atoms with Gasteiger partial charge in [-0.2, -0.15) is 0 Å². The van der Waals surface area contributed by atoms with Gasteiger partial charge in [0.2, 0.25) is 5.76 Å². The Hall–Kier alpha value is -3.35. The summed E-state index contributed by atoms with van der Waals surface area (Å²) in [6, 6.07) is 12.1. The van der Waals surface area contributed by atoms with Gasteiger partial charge >= 0.3 is 0 Å². The Morgan fingerprint density at radius 1 is 1.12 bits per heavy atom. The van der Waals surface area contributed by atoms with Crippen LogP contribution in [0.15, 0.2) is 52.9 Å². The van der Waals surface area contributed by atoms with Crippen molar-refractivity contribution in [2.24, 2.45) is 5.73 Å².